The van der Waals surface area contributed by atoms with E-state index in [4.69, 9.17) is 4.74 Å². The second-order valence-corrected chi connectivity index (χ2v) is 7.78. The van der Waals surface area contributed by atoms with E-state index in [9.17, 15) is 21.6 Å². The zero-order valence-corrected chi connectivity index (χ0v) is 14.4. The van der Waals surface area contributed by atoms with Crippen molar-refractivity contribution in [1.29, 1.82) is 0 Å². The van der Waals surface area contributed by atoms with Crippen molar-refractivity contribution in [2.24, 2.45) is 0 Å². The first-order valence-corrected chi connectivity index (χ1v) is 8.99. The maximum Gasteiger partial charge on any atom is 0.416 e. The first kappa shape index (κ1) is 19.2. The average molecular weight is 366 g/mol. The van der Waals surface area contributed by atoms with Crippen LogP contribution in [-0.4, -0.2) is 40.8 Å². The van der Waals surface area contributed by atoms with Gasteiger partial charge in [0, 0.05) is 13.7 Å². The number of methoxy groups -OCH3 is 1. The summed E-state index contributed by atoms with van der Waals surface area (Å²) in [5, 5.41) is 3.21. The summed E-state index contributed by atoms with van der Waals surface area (Å²) in [6, 6.07) is 2.71. The van der Waals surface area contributed by atoms with Crippen LogP contribution in [0.4, 0.5) is 13.2 Å². The summed E-state index contributed by atoms with van der Waals surface area (Å²) in [4.78, 5) is -0.358. The van der Waals surface area contributed by atoms with Crippen molar-refractivity contribution in [1.82, 2.24) is 10.0 Å². The van der Waals surface area contributed by atoms with Crippen LogP contribution in [0.5, 0.6) is 0 Å². The van der Waals surface area contributed by atoms with Gasteiger partial charge < -0.3 is 10.1 Å². The van der Waals surface area contributed by atoms with E-state index in [1.54, 1.807) is 0 Å². The summed E-state index contributed by atoms with van der Waals surface area (Å²) >= 11 is 0. The molecule has 0 aromatic heterocycles. The predicted molar refractivity (Wildman–Crippen MR) is 83.2 cm³/mol. The number of hydrogen-bond acceptors (Lipinski definition) is 4. The number of rotatable bonds is 6. The molecule has 1 heterocycles. The van der Waals surface area contributed by atoms with Gasteiger partial charge in [-0.05, 0) is 44.0 Å². The summed E-state index contributed by atoms with van der Waals surface area (Å²) in [7, 11) is -2.54. The minimum atomic E-state index is -4.59. The van der Waals surface area contributed by atoms with Crippen LogP contribution in [0.15, 0.2) is 23.1 Å². The van der Waals surface area contributed by atoms with Gasteiger partial charge in [-0.2, -0.15) is 13.2 Å². The van der Waals surface area contributed by atoms with E-state index in [-0.39, 0.29) is 17.0 Å². The number of hydrogen-bond donors (Lipinski definition) is 2. The summed E-state index contributed by atoms with van der Waals surface area (Å²) in [5.74, 6) is 0. The number of halogens is 3. The predicted octanol–water partition coefficient (Wildman–Crippen LogP) is 2.06. The molecule has 9 heteroatoms. The lowest BCUT2D eigenvalue weighted by atomic mass is 9.99. The second-order valence-electron chi connectivity index (χ2n) is 6.05. The molecular formula is C15H21F3N2O3S. The lowest BCUT2D eigenvalue weighted by Crippen LogP contribution is -2.52. The maximum absolute atomic E-state index is 12.8. The van der Waals surface area contributed by atoms with Crippen LogP contribution in [0.1, 0.15) is 24.0 Å². The molecule has 1 unspecified atom stereocenters. The number of alkyl halides is 3. The van der Waals surface area contributed by atoms with Crippen molar-refractivity contribution >= 4 is 10.0 Å². The minimum absolute atomic E-state index is 0.0544. The molecular weight excluding hydrogens is 345 g/mol. The lowest BCUT2D eigenvalue weighted by molar-refractivity contribution is -0.137. The van der Waals surface area contributed by atoms with Crippen molar-refractivity contribution in [3.8, 4) is 0 Å². The van der Waals surface area contributed by atoms with Gasteiger partial charge in [0.2, 0.25) is 10.0 Å². The summed E-state index contributed by atoms with van der Waals surface area (Å²) in [6.07, 6.45) is -2.99. The van der Waals surface area contributed by atoms with Gasteiger partial charge in [0.05, 0.1) is 22.6 Å². The third-order valence-electron chi connectivity index (χ3n) is 4.16. The lowest BCUT2D eigenvalue weighted by Gasteiger charge is -2.29. The molecule has 1 aliphatic rings. The van der Waals surface area contributed by atoms with Crippen molar-refractivity contribution in [3.05, 3.63) is 29.3 Å². The highest BCUT2D eigenvalue weighted by Gasteiger charge is 2.36. The van der Waals surface area contributed by atoms with Gasteiger partial charge in [-0.15, -0.1) is 0 Å². The van der Waals surface area contributed by atoms with Crippen molar-refractivity contribution in [2.45, 2.75) is 36.4 Å². The summed E-state index contributed by atoms with van der Waals surface area (Å²) in [6.45, 7) is 2.58. The van der Waals surface area contributed by atoms with Crippen molar-refractivity contribution in [2.75, 3.05) is 26.8 Å². The summed E-state index contributed by atoms with van der Waals surface area (Å²) in [5.41, 5.74) is -1.26. The third kappa shape index (κ3) is 4.27. The molecule has 0 spiro atoms. The molecule has 1 atom stereocenters. The van der Waals surface area contributed by atoms with Crippen LogP contribution in [0.3, 0.4) is 0 Å². The molecule has 5 nitrogen and oxygen atoms in total. The molecule has 136 valence electrons. The largest absolute Gasteiger partial charge is 0.416 e. The van der Waals surface area contributed by atoms with Gasteiger partial charge in [0.1, 0.15) is 0 Å². The first-order valence-electron chi connectivity index (χ1n) is 7.51. The van der Waals surface area contributed by atoms with Crippen LogP contribution >= 0.6 is 0 Å². The molecule has 0 bridgehead atoms. The van der Waals surface area contributed by atoms with Crippen LogP contribution < -0.4 is 10.0 Å². The first-order chi connectivity index (χ1) is 11.1. The fraction of sp³-hybridized carbons (Fsp3) is 0.600. The van der Waals surface area contributed by atoms with Crippen molar-refractivity contribution < 1.29 is 26.3 Å². The maximum atomic E-state index is 12.8. The Hall–Kier alpha value is -1.16. The van der Waals surface area contributed by atoms with Crippen molar-refractivity contribution in [3.63, 3.8) is 0 Å². The van der Waals surface area contributed by atoms with E-state index in [2.05, 4.69) is 10.0 Å². The smallest absolute Gasteiger partial charge is 0.383 e. The molecule has 0 aliphatic carbocycles. The molecule has 2 N–H and O–H groups in total. The highest BCUT2D eigenvalue weighted by molar-refractivity contribution is 7.89. The molecule has 1 aromatic rings. The molecule has 0 amide bonds. The van der Waals surface area contributed by atoms with Crippen LogP contribution in [0.2, 0.25) is 0 Å². The monoisotopic (exact) mass is 366 g/mol. The number of aryl methyl sites for hydroxylation is 1. The third-order valence-corrected chi connectivity index (χ3v) is 5.70. The summed E-state index contributed by atoms with van der Waals surface area (Å²) < 4.78 is 71.1. The van der Waals surface area contributed by atoms with E-state index in [1.165, 1.54) is 14.0 Å². The standard InChI is InChI=1S/C15H21F3N2O3S/c1-11-4-5-12(15(16,17)18)8-13(11)24(21,22)20-9-14(10-23-2)6-3-7-19-14/h4-5,8,19-20H,3,6-7,9-10H2,1-2H3. The molecule has 24 heavy (non-hydrogen) atoms. The zero-order valence-electron chi connectivity index (χ0n) is 13.5. The quantitative estimate of drug-likeness (QED) is 0.809. The Bertz CT molecular complexity index is 684. The Morgan fingerprint density at radius 3 is 2.62 bits per heavy atom. The normalized spacial score (nSPS) is 22.0. The minimum Gasteiger partial charge on any atom is -0.383 e. The van der Waals surface area contributed by atoms with E-state index < -0.39 is 27.3 Å². The SMILES string of the molecule is COCC1(CNS(=O)(=O)c2cc(C(F)(F)F)ccc2C)CCCN1. The molecule has 1 saturated heterocycles. The van der Waals surface area contributed by atoms with Gasteiger partial charge in [-0.25, -0.2) is 13.1 Å². The Labute approximate surface area is 139 Å². The van der Waals surface area contributed by atoms with Gasteiger partial charge in [-0.3, -0.25) is 0 Å². The fourth-order valence-electron chi connectivity index (χ4n) is 2.85. The van der Waals surface area contributed by atoms with Crippen LogP contribution in [-0.2, 0) is 20.9 Å². The Kier molecular flexibility index (Phi) is 5.58. The number of sulfonamides is 1. The number of benzene rings is 1. The van der Waals surface area contributed by atoms with E-state index in [0.29, 0.717) is 12.7 Å². The number of nitrogens with one attached hydrogen (secondary N) is 2. The zero-order chi connectivity index (χ0) is 18.0. The molecule has 1 aliphatic heterocycles. The topological polar surface area (TPSA) is 67.4 Å². The molecule has 0 radical (unpaired) electrons. The average Bonchev–Trinajstić information content (AvgIpc) is 2.94. The Morgan fingerprint density at radius 2 is 2.08 bits per heavy atom. The van der Waals surface area contributed by atoms with Gasteiger partial charge >= 0.3 is 6.18 Å². The molecule has 2 rings (SSSR count). The second kappa shape index (κ2) is 6.99. The Morgan fingerprint density at radius 1 is 1.38 bits per heavy atom. The Balaban J connectivity index is 2.24. The van der Waals surface area contributed by atoms with E-state index >= 15 is 0 Å². The van der Waals surface area contributed by atoms with Gasteiger partial charge in [0.25, 0.3) is 0 Å². The van der Waals surface area contributed by atoms with Gasteiger partial charge in [-0.1, -0.05) is 6.07 Å². The molecule has 1 aromatic carbocycles. The van der Waals surface area contributed by atoms with E-state index in [1.807, 2.05) is 0 Å². The van der Waals surface area contributed by atoms with E-state index in [0.717, 1.165) is 31.5 Å². The number of ether oxygens (including phenoxy) is 1. The fourth-order valence-corrected chi connectivity index (χ4v) is 4.24. The highest BCUT2D eigenvalue weighted by Crippen LogP contribution is 2.31. The highest BCUT2D eigenvalue weighted by atomic mass is 32.2. The molecule has 0 saturated carbocycles. The molecule has 1 fully saturated rings. The van der Waals surface area contributed by atoms with Gasteiger partial charge in [0.15, 0.2) is 0 Å². The van der Waals surface area contributed by atoms with Crippen LogP contribution in [0, 0.1) is 6.92 Å². The van der Waals surface area contributed by atoms with Crippen LogP contribution in [0.25, 0.3) is 0 Å².